The van der Waals surface area contributed by atoms with Crippen LogP contribution >= 0.6 is 0 Å². The van der Waals surface area contributed by atoms with Gasteiger partial charge in [-0.3, -0.25) is 0 Å². The van der Waals surface area contributed by atoms with Crippen molar-refractivity contribution in [3.8, 4) is 5.75 Å². The van der Waals surface area contributed by atoms with Gasteiger partial charge in [0.25, 0.3) is 0 Å². The van der Waals surface area contributed by atoms with E-state index in [0.717, 1.165) is 24.0 Å². The molecule has 4 nitrogen and oxygen atoms in total. The summed E-state index contributed by atoms with van der Waals surface area (Å²) in [5, 5.41) is 0.974. The molecule has 156 valence electrons. The SMILES string of the molecule is CCCCCCCCCCOc1cccc([Si](OCC)(OCC)OCC)c1. The molecule has 1 aromatic carbocycles. The van der Waals surface area contributed by atoms with E-state index in [0.29, 0.717) is 19.8 Å². The molecule has 0 bridgehead atoms. The summed E-state index contributed by atoms with van der Waals surface area (Å²) in [6, 6.07) is 8.04. The average molecular weight is 397 g/mol. The Labute approximate surface area is 167 Å². The second-order valence-corrected chi connectivity index (χ2v) is 9.26. The normalized spacial score (nSPS) is 11.7. The predicted molar refractivity (Wildman–Crippen MR) is 115 cm³/mol. The minimum atomic E-state index is -2.86. The second-order valence-electron chi connectivity index (χ2n) is 6.71. The third kappa shape index (κ3) is 9.24. The highest BCUT2D eigenvalue weighted by atomic mass is 28.4. The van der Waals surface area contributed by atoms with Gasteiger partial charge in [0.1, 0.15) is 5.75 Å². The van der Waals surface area contributed by atoms with Gasteiger partial charge in [0, 0.05) is 25.0 Å². The van der Waals surface area contributed by atoms with Gasteiger partial charge in [-0.1, -0.05) is 64.0 Å². The lowest BCUT2D eigenvalue weighted by Gasteiger charge is -2.28. The summed E-state index contributed by atoms with van der Waals surface area (Å²) in [7, 11) is -2.86. The number of hydrogen-bond acceptors (Lipinski definition) is 4. The fourth-order valence-corrected chi connectivity index (χ4v) is 5.66. The molecule has 0 fully saturated rings. The Morgan fingerprint density at radius 2 is 1.26 bits per heavy atom. The molecule has 0 radical (unpaired) electrons. The van der Waals surface area contributed by atoms with Gasteiger partial charge in [-0.15, -0.1) is 0 Å². The Balaban J connectivity index is 2.49. The van der Waals surface area contributed by atoms with Crippen LogP contribution in [0.25, 0.3) is 0 Å². The number of hydrogen-bond donors (Lipinski definition) is 0. The molecule has 0 aliphatic heterocycles. The standard InChI is InChI=1S/C22H40O4Si/c1-5-9-10-11-12-13-14-15-19-23-21-17-16-18-22(20-21)27(24-6-2,25-7-3)26-8-4/h16-18,20H,5-15,19H2,1-4H3. The molecule has 0 amide bonds. The molecule has 0 unspecified atom stereocenters. The van der Waals surface area contributed by atoms with Crippen molar-refractivity contribution < 1.29 is 18.0 Å². The van der Waals surface area contributed by atoms with E-state index in [4.69, 9.17) is 18.0 Å². The summed E-state index contributed by atoms with van der Waals surface area (Å²) in [5.74, 6) is 0.867. The summed E-state index contributed by atoms with van der Waals surface area (Å²) in [5.41, 5.74) is 0. The minimum Gasteiger partial charge on any atom is -0.494 e. The molecule has 0 aromatic heterocycles. The van der Waals surface area contributed by atoms with Crippen molar-refractivity contribution in [2.75, 3.05) is 26.4 Å². The van der Waals surface area contributed by atoms with Gasteiger partial charge in [0.2, 0.25) is 0 Å². The van der Waals surface area contributed by atoms with Gasteiger partial charge >= 0.3 is 8.80 Å². The van der Waals surface area contributed by atoms with E-state index >= 15 is 0 Å². The first-order valence-corrected chi connectivity index (χ1v) is 12.6. The van der Waals surface area contributed by atoms with Crippen molar-refractivity contribution in [2.24, 2.45) is 0 Å². The monoisotopic (exact) mass is 396 g/mol. The summed E-state index contributed by atoms with van der Waals surface area (Å²) in [6.07, 6.45) is 10.4. The lowest BCUT2D eigenvalue weighted by Crippen LogP contribution is -2.56. The van der Waals surface area contributed by atoms with Crippen LogP contribution in [0.2, 0.25) is 0 Å². The van der Waals surface area contributed by atoms with Crippen LogP contribution in [-0.2, 0) is 13.3 Å². The number of benzene rings is 1. The minimum absolute atomic E-state index is 0.565. The van der Waals surface area contributed by atoms with E-state index in [1.54, 1.807) is 0 Å². The quantitative estimate of drug-likeness (QED) is 0.259. The smallest absolute Gasteiger partial charge is 0.494 e. The van der Waals surface area contributed by atoms with Crippen LogP contribution in [0.15, 0.2) is 24.3 Å². The molecule has 1 aromatic rings. The van der Waals surface area contributed by atoms with Crippen LogP contribution in [0.3, 0.4) is 0 Å². The van der Waals surface area contributed by atoms with E-state index in [1.807, 2.05) is 45.0 Å². The third-order valence-corrected chi connectivity index (χ3v) is 7.48. The largest absolute Gasteiger partial charge is 0.537 e. The summed E-state index contributed by atoms with van der Waals surface area (Å²) < 4.78 is 23.9. The first-order chi connectivity index (χ1) is 13.2. The zero-order valence-corrected chi connectivity index (χ0v) is 18.9. The molecule has 0 aliphatic carbocycles. The Morgan fingerprint density at radius 1 is 0.704 bits per heavy atom. The molecular formula is C22H40O4Si. The van der Waals surface area contributed by atoms with E-state index in [-0.39, 0.29) is 0 Å². The van der Waals surface area contributed by atoms with Gasteiger partial charge in [0.15, 0.2) is 0 Å². The molecule has 0 spiro atoms. The lowest BCUT2D eigenvalue weighted by atomic mass is 10.1. The summed E-state index contributed by atoms with van der Waals surface area (Å²) in [4.78, 5) is 0. The average Bonchev–Trinajstić information content (AvgIpc) is 2.67. The molecule has 0 saturated carbocycles. The van der Waals surface area contributed by atoms with Crippen LogP contribution in [0.1, 0.15) is 79.1 Å². The molecule has 0 atom stereocenters. The zero-order valence-electron chi connectivity index (χ0n) is 17.9. The molecule has 0 heterocycles. The van der Waals surface area contributed by atoms with Gasteiger partial charge in [0.05, 0.1) is 6.61 Å². The Morgan fingerprint density at radius 3 is 1.81 bits per heavy atom. The maximum Gasteiger partial charge on any atom is 0.537 e. The van der Waals surface area contributed by atoms with Crippen LogP contribution in [0.4, 0.5) is 0 Å². The Kier molecular flexibility index (Phi) is 13.5. The van der Waals surface area contributed by atoms with Crippen LogP contribution in [0, 0.1) is 0 Å². The molecule has 0 saturated heterocycles. The van der Waals surface area contributed by atoms with Crippen LogP contribution in [0.5, 0.6) is 5.75 Å². The highest BCUT2D eigenvalue weighted by molar-refractivity contribution is 6.75. The molecule has 0 N–H and O–H groups in total. The molecule has 5 heteroatoms. The predicted octanol–water partition coefficient (Wildman–Crippen LogP) is 5.46. The van der Waals surface area contributed by atoms with Crippen LogP contribution in [-0.4, -0.2) is 35.2 Å². The first-order valence-electron chi connectivity index (χ1n) is 10.9. The number of ether oxygens (including phenoxy) is 1. The van der Waals surface area contributed by atoms with Crippen molar-refractivity contribution in [1.29, 1.82) is 0 Å². The number of unbranched alkanes of at least 4 members (excludes halogenated alkanes) is 7. The molecule has 0 aliphatic rings. The second kappa shape index (κ2) is 15.1. The van der Waals surface area contributed by atoms with Gasteiger partial charge in [-0.25, -0.2) is 0 Å². The maximum atomic E-state index is 5.99. The van der Waals surface area contributed by atoms with Crippen molar-refractivity contribution in [1.82, 2.24) is 0 Å². The Bertz CT molecular complexity index is 464. The molecule has 1 rings (SSSR count). The van der Waals surface area contributed by atoms with E-state index in [1.165, 1.54) is 44.9 Å². The number of rotatable bonds is 17. The highest BCUT2D eigenvalue weighted by Crippen LogP contribution is 2.16. The van der Waals surface area contributed by atoms with Crippen LogP contribution < -0.4 is 9.92 Å². The van der Waals surface area contributed by atoms with E-state index < -0.39 is 8.80 Å². The highest BCUT2D eigenvalue weighted by Gasteiger charge is 2.43. The van der Waals surface area contributed by atoms with Crippen molar-refractivity contribution in [2.45, 2.75) is 79.1 Å². The van der Waals surface area contributed by atoms with Gasteiger partial charge < -0.3 is 18.0 Å². The zero-order chi connectivity index (χ0) is 19.8. The fourth-order valence-electron chi connectivity index (χ4n) is 3.15. The summed E-state index contributed by atoms with van der Waals surface area (Å²) >= 11 is 0. The Hall–Kier alpha value is -0.883. The third-order valence-electron chi connectivity index (χ3n) is 4.46. The van der Waals surface area contributed by atoms with E-state index in [9.17, 15) is 0 Å². The van der Waals surface area contributed by atoms with Gasteiger partial charge in [-0.05, 0) is 39.3 Å². The van der Waals surface area contributed by atoms with Crippen molar-refractivity contribution >= 4 is 14.0 Å². The fraction of sp³-hybridized carbons (Fsp3) is 0.727. The topological polar surface area (TPSA) is 36.9 Å². The van der Waals surface area contributed by atoms with Crippen molar-refractivity contribution in [3.63, 3.8) is 0 Å². The molecule has 27 heavy (non-hydrogen) atoms. The van der Waals surface area contributed by atoms with Gasteiger partial charge in [-0.2, -0.15) is 0 Å². The first kappa shape index (κ1) is 24.2. The summed E-state index contributed by atoms with van der Waals surface area (Å²) in [6.45, 7) is 10.6. The van der Waals surface area contributed by atoms with Crippen molar-refractivity contribution in [3.05, 3.63) is 24.3 Å². The molecular weight excluding hydrogens is 356 g/mol. The lowest BCUT2D eigenvalue weighted by molar-refractivity contribution is 0.0858. The van der Waals surface area contributed by atoms with E-state index in [2.05, 4.69) is 6.92 Å². The maximum absolute atomic E-state index is 5.99.